The van der Waals surface area contributed by atoms with Crippen molar-refractivity contribution in [1.82, 2.24) is 9.78 Å². The first-order valence-corrected chi connectivity index (χ1v) is 9.97. The summed E-state index contributed by atoms with van der Waals surface area (Å²) in [5.41, 5.74) is 3.23. The fourth-order valence-electron chi connectivity index (χ4n) is 3.44. The fraction of sp³-hybridized carbons (Fsp3) is 0.227. The summed E-state index contributed by atoms with van der Waals surface area (Å²) >= 11 is 6.08. The molecule has 9 heteroatoms. The molecule has 0 unspecified atom stereocenters. The molecule has 1 aromatic heterocycles. The van der Waals surface area contributed by atoms with Crippen molar-refractivity contribution in [2.24, 2.45) is 5.16 Å². The molecular weight excluding hydrogens is 426 g/mol. The number of benzene rings is 2. The van der Waals surface area contributed by atoms with Gasteiger partial charge in [-0.15, -0.1) is 0 Å². The molecule has 1 amide bonds. The Morgan fingerprint density at radius 2 is 1.97 bits per heavy atom. The minimum atomic E-state index is -0.912. The van der Waals surface area contributed by atoms with E-state index in [9.17, 15) is 13.6 Å². The second-order valence-electron chi connectivity index (χ2n) is 7.25. The first-order chi connectivity index (χ1) is 14.8. The van der Waals surface area contributed by atoms with Crippen LogP contribution in [-0.4, -0.2) is 27.5 Å². The van der Waals surface area contributed by atoms with Crippen LogP contribution in [-0.2, 0) is 16.2 Å². The van der Waals surface area contributed by atoms with Crippen LogP contribution in [0.3, 0.4) is 0 Å². The highest BCUT2D eigenvalue weighted by molar-refractivity contribution is 6.34. The normalized spacial score (nSPS) is 15.5. The van der Waals surface area contributed by atoms with Crippen LogP contribution in [0.2, 0.25) is 5.02 Å². The smallest absolute Gasteiger partial charge is 0.268 e. The van der Waals surface area contributed by atoms with E-state index in [2.05, 4.69) is 15.6 Å². The summed E-state index contributed by atoms with van der Waals surface area (Å²) in [5.74, 6) is -1.25. The van der Waals surface area contributed by atoms with Crippen LogP contribution in [0, 0.1) is 25.5 Å². The summed E-state index contributed by atoms with van der Waals surface area (Å²) in [6, 6.07) is 10.5. The summed E-state index contributed by atoms with van der Waals surface area (Å²) in [6.07, 6.45) is -0.821. The average molecular weight is 445 g/mol. The molecule has 2 aromatic carbocycles. The van der Waals surface area contributed by atoms with Gasteiger partial charge in [-0.1, -0.05) is 35.0 Å². The quantitative estimate of drug-likeness (QED) is 0.624. The number of carbonyl (C=O) groups is 1. The first kappa shape index (κ1) is 21.0. The minimum Gasteiger partial charge on any atom is -0.382 e. The van der Waals surface area contributed by atoms with Crippen molar-refractivity contribution in [2.75, 3.05) is 5.32 Å². The molecule has 1 aliphatic rings. The van der Waals surface area contributed by atoms with Crippen molar-refractivity contribution in [3.8, 4) is 0 Å². The number of nitrogens with zero attached hydrogens (tertiary/aromatic N) is 3. The molecule has 1 N–H and O–H groups in total. The number of oxime groups is 1. The lowest BCUT2D eigenvalue weighted by Gasteiger charge is -2.10. The number of aryl methyl sites for hydroxylation is 1. The Bertz CT molecular complexity index is 1150. The maximum atomic E-state index is 14.1. The van der Waals surface area contributed by atoms with Gasteiger partial charge in [0.05, 0.1) is 39.9 Å². The van der Waals surface area contributed by atoms with Gasteiger partial charge in [-0.2, -0.15) is 5.10 Å². The molecule has 0 bridgehead atoms. The minimum absolute atomic E-state index is 0.0916. The van der Waals surface area contributed by atoms with Crippen LogP contribution in [0.25, 0.3) is 0 Å². The number of anilines is 1. The van der Waals surface area contributed by atoms with Crippen LogP contribution < -0.4 is 5.32 Å². The van der Waals surface area contributed by atoms with E-state index in [4.69, 9.17) is 16.4 Å². The topological polar surface area (TPSA) is 68.5 Å². The molecule has 0 radical (unpaired) electrons. The summed E-state index contributed by atoms with van der Waals surface area (Å²) in [5, 5.41) is 11.4. The molecule has 4 rings (SSSR count). The zero-order chi connectivity index (χ0) is 22.1. The van der Waals surface area contributed by atoms with Crippen LogP contribution in [0.1, 0.15) is 28.9 Å². The highest BCUT2D eigenvalue weighted by Crippen LogP contribution is 2.27. The molecule has 3 aromatic rings. The summed E-state index contributed by atoms with van der Waals surface area (Å²) in [6.45, 7) is 4.04. The van der Waals surface area contributed by atoms with Gasteiger partial charge < -0.3 is 10.2 Å². The molecule has 1 atom stereocenters. The largest absolute Gasteiger partial charge is 0.382 e. The molecular formula is C22H19ClF2N4O2. The van der Waals surface area contributed by atoms with Gasteiger partial charge in [-0.25, -0.2) is 8.78 Å². The Balaban J connectivity index is 1.46. The van der Waals surface area contributed by atoms with Gasteiger partial charge in [-0.3, -0.25) is 9.48 Å². The third-order valence-corrected chi connectivity index (χ3v) is 5.40. The number of rotatable bonds is 5. The van der Waals surface area contributed by atoms with E-state index in [0.29, 0.717) is 17.9 Å². The first-order valence-electron chi connectivity index (χ1n) is 9.60. The van der Waals surface area contributed by atoms with Gasteiger partial charge in [-0.05, 0) is 43.7 Å². The Morgan fingerprint density at radius 3 is 2.68 bits per heavy atom. The lowest BCUT2D eigenvalue weighted by Crippen LogP contribution is -2.28. The molecule has 2 heterocycles. The zero-order valence-electron chi connectivity index (χ0n) is 16.8. The summed E-state index contributed by atoms with van der Waals surface area (Å²) in [4.78, 5) is 18.0. The highest BCUT2D eigenvalue weighted by atomic mass is 35.5. The molecule has 0 saturated heterocycles. The van der Waals surface area contributed by atoms with E-state index in [1.54, 1.807) is 29.8 Å². The van der Waals surface area contributed by atoms with Crippen LogP contribution in [0.4, 0.5) is 14.5 Å². The van der Waals surface area contributed by atoms with Crippen LogP contribution >= 0.6 is 11.6 Å². The summed E-state index contributed by atoms with van der Waals surface area (Å²) in [7, 11) is 0. The Morgan fingerprint density at radius 1 is 1.23 bits per heavy atom. The average Bonchev–Trinajstić information content (AvgIpc) is 3.31. The standard InChI is InChI=1S/C22H19ClF2N4O2/c1-12-21(13(2)29(27-12)11-14-6-8-15(24)9-7-14)26-22(30)19-10-18(28-31-19)20-16(23)4-3-5-17(20)25/h3-9,19H,10-11H2,1-2H3,(H,26,30)/t19-/m0/s1. The van der Waals surface area contributed by atoms with E-state index < -0.39 is 17.8 Å². The monoisotopic (exact) mass is 444 g/mol. The molecule has 160 valence electrons. The predicted octanol–water partition coefficient (Wildman–Crippen LogP) is 4.61. The van der Waals surface area contributed by atoms with Gasteiger partial charge in [0.25, 0.3) is 5.91 Å². The van der Waals surface area contributed by atoms with Crippen molar-refractivity contribution < 1.29 is 18.4 Å². The van der Waals surface area contributed by atoms with Crippen molar-refractivity contribution in [3.63, 3.8) is 0 Å². The maximum Gasteiger partial charge on any atom is 0.268 e. The van der Waals surface area contributed by atoms with Crippen molar-refractivity contribution in [1.29, 1.82) is 0 Å². The molecule has 0 saturated carbocycles. The lowest BCUT2D eigenvalue weighted by atomic mass is 10.0. The van der Waals surface area contributed by atoms with E-state index in [0.717, 1.165) is 11.3 Å². The van der Waals surface area contributed by atoms with Crippen LogP contribution in [0.5, 0.6) is 0 Å². The molecule has 31 heavy (non-hydrogen) atoms. The van der Waals surface area contributed by atoms with E-state index in [1.165, 1.54) is 24.3 Å². The number of halogens is 3. The van der Waals surface area contributed by atoms with Gasteiger partial charge in [0.1, 0.15) is 11.6 Å². The SMILES string of the molecule is Cc1nn(Cc2ccc(F)cc2)c(C)c1NC(=O)[C@@H]1CC(c2c(F)cccc2Cl)=NO1. The maximum absolute atomic E-state index is 14.1. The number of nitrogens with one attached hydrogen (secondary N) is 1. The second kappa shape index (κ2) is 8.47. The number of aromatic nitrogens is 2. The fourth-order valence-corrected chi connectivity index (χ4v) is 3.71. The molecule has 0 spiro atoms. The lowest BCUT2D eigenvalue weighted by molar-refractivity contribution is -0.125. The van der Waals surface area contributed by atoms with Crippen molar-refractivity contribution in [3.05, 3.63) is 81.6 Å². The number of carbonyl (C=O) groups excluding carboxylic acids is 1. The van der Waals surface area contributed by atoms with Crippen molar-refractivity contribution in [2.45, 2.75) is 32.9 Å². The van der Waals surface area contributed by atoms with Crippen LogP contribution in [0.15, 0.2) is 47.6 Å². The van der Waals surface area contributed by atoms with Gasteiger partial charge in [0, 0.05) is 6.42 Å². The molecule has 0 fully saturated rings. The predicted molar refractivity (Wildman–Crippen MR) is 113 cm³/mol. The Kier molecular flexibility index (Phi) is 5.73. The van der Waals surface area contributed by atoms with E-state index in [1.807, 2.05) is 6.92 Å². The third kappa shape index (κ3) is 4.29. The number of hydrogen-bond acceptors (Lipinski definition) is 4. The molecule has 1 aliphatic heterocycles. The van der Waals surface area contributed by atoms with Gasteiger partial charge >= 0.3 is 0 Å². The van der Waals surface area contributed by atoms with Gasteiger partial charge in [0.15, 0.2) is 0 Å². The molecule has 6 nitrogen and oxygen atoms in total. The highest BCUT2D eigenvalue weighted by Gasteiger charge is 2.32. The zero-order valence-corrected chi connectivity index (χ0v) is 17.6. The number of amides is 1. The van der Waals surface area contributed by atoms with Gasteiger partial charge in [0.2, 0.25) is 6.10 Å². The number of hydrogen-bond donors (Lipinski definition) is 1. The summed E-state index contributed by atoms with van der Waals surface area (Å²) < 4.78 is 29.0. The molecule has 0 aliphatic carbocycles. The Labute approximate surface area is 182 Å². The Hall–Kier alpha value is -3.26. The van der Waals surface area contributed by atoms with E-state index in [-0.39, 0.29) is 28.5 Å². The van der Waals surface area contributed by atoms with Crippen molar-refractivity contribution >= 4 is 28.9 Å². The third-order valence-electron chi connectivity index (χ3n) is 5.09. The second-order valence-corrected chi connectivity index (χ2v) is 7.66. The van der Waals surface area contributed by atoms with E-state index >= 15 is 0 Å².